The van der Waals surface area contributed by atoms with Crippen LogP contribution in [0.5, 0.6) is 5.75 Å². The van der Waals surface area contributed by atoms with Gasteiger partial charge in [-0.1, -0.05) is 18.7 Å². The molecule has 1 N–H and O–H groups in total. The van der Waals surface area contributed by atoms with Gasteiger partial charge in [0.2, 0.25) is 0 Å². The van der Waals surface area contributed by atoms with Crippen LogP contribution in [0.2, 0.25) is 0 Å². The maximum Gasteiger partial charge on any atom is 0.132 e. The van der Waals surface area contributed by atoms with Crippen molar-refractivity contribution in [3.8, 4) is 5.75 Å². The predicted octanol–water partition coefficient (Wildman–Crippen LogP) is 3.12. The minimum atomic E-state index is -0.669. The van der Waals surface area contributed by atoms with Crippen LogP contribution >= 0.6 is 0 Å². The van der Waals surface area contributed by atoms with Crippen LogP contribution in [0.1, 0.15) is 48.8 Å². The summed E-state index contributed by atoms with van der Waals surface area (Å²) in [6.07, 6.45) is 6.40. The maximum atomic E-state index is 12.2. The number of hydrogen-bond acceptors (Lipinski definition) is 3. The van der Waals surface area contributed by atoms with Crippen molar-refractivity contribution < 1.29 is 9.84 Å². The summed E-state index contributed by atoms with van der Waals surface area (Å²) in [6, 6.07) is 4.74. The Morgan fingerprint density at radius 1 is 1.32 bits per heavy atom. The third-order valence-electron chi connectivity index (χ3n) is 7.93. The zero-order valence-electron chi connectivity index (χ0n) is 15.1. The van der Waals surface area contributed by atoms with Crippen LogP contribution in [-0.4, -0.2) is 40.8 Å². The Kier molecular flexibility index (Phi) is 2.66. The molecule has 5 aliphatic rings. The van der Waals surface area contributed by atoms with Crippen molar-refractivity contribution in [2.24, 2.45) is 5.92 Å². The van der Waals surface area contributed by atoms with E-state index in [2.05, 4.69) is 30.5 Å². The molecule has 0 radical (unpaired) electrons. The van der Waals surface area contributed by atoms with E-state index in [1.54, 1.807) is 0 Å². The molecular weight excluding hydrogens is 310 g/mol. The van der Waals surface area contributed by atoms with E-state index in [0.29, 0.717) is 0 Å². The van der Waals surface area contributed by atoms with Crippen LogP contribution in [0.3, 0.4) is 0 Å². The van der Waals surface area contributed by atoms with E-state index in [1.165, 1.54) is 41.6 Å². The molecule has 1 spiro atoms. The second kappa shape index (κ2) is 4.50. The summed E-state index contributed by atoms with van der Waals surface area (Å²) in [7, 11) is 0. The number of ether oxygens (including phenoxy) is 1. The fourth-order valence-corrected chi connectivity index (χ4v) is 6.54. The van der Waals surface area contributed by atoms with E-state index in [-0.39, 0.29) is 17.6 Å². The highest BCUT2D eigenvalue weighted by molar-refractivity contribution is 5.61. The summed E-state index contributed by atoms with van der Waals surface area (Å²) < 4.78 is 6.54. The number of nitrogens with zero attached hydrogens (tertiary/aromatic N) is 1. The van der Waals surface area contributed by atoms with Gasteiger partial charge in [-0.2, -0.15) is 0 Å². The van der Waals surface area contributed by atoms with E-state index in [9.17, 15) is 5.11 Å². The molecule has 0 aromatic heterocycles. The number of aliphatic hydroxyl groups is 1. The van der Waals surface area contributed by atoms with Crippen molar-refractivity contribution in [1.29, 1.82) is 0 Å². The molecule has 3 heteroatoms. The largest absolute Gasteiger partial charge is 0.484 e. The molecule has 1 saturated heterocycles. The molecule has 6 rings (SSSR count). The number of likely N-dealkylation sites (tertiary alicyclic amines) is 1. The summed E-state index contributed by atoms with van der Waals surface area (Å²) in [5, 5.41) is 12.2. The fraction of sp³-hybridized carbons (Fsp3) is 0.636. The first kappa shape index (κ1) is 14.8. The van der Waals surface area contributed by atoms with Gasteiger partial charge in [-0.25, -0.2) is 0 Å². The number of aryl methyl sites for hydroxylation is 1. The monoisotopic (exact) mass is 337 g/mol. The summed E-state index contributed by atoms with van der Waals surface area (Å²) in [4.78, 5) is 2.62. The molecule has 2 saturated carbocycles. The lowest BCUT2D eigenvalue weighted by Gasteiger charge is -2.63. The average molecular weight is 337 g/mol. The second-order valence-corrected chi connectivity index (χ2v) is 9.21. The molecular formula is C22H27NO2. The highest BCUT2D eigenvalue weighted by atomic mass is 16.5. The molecule has 3 fully saturated rings. The van der Waals surface area contributed by atoms with Crippen molar-refractivity contribution in [2.45, 2.75) is 68.6 Å². The minimum absolute atomic E-state index is 0.0352. The number of hydrogen-bond donors (Lipinski definition) is 1. The van der Waals surface area contributed by atoms with Gasteiger partial charge in [-0.3, -0.25) is 4.90 Å². The van der Waals surface area contributed by atoms with Crippen LogP contribution in [0, 0.1) is 12.8 Å². The summed E-state index contributed by atoms with van der Waals surface area (Å²) >= 11 is 0. The third-order valence-corrected chi connectivity index (χ3v) is 7.93. The molecule has 2 aliphatic heterocycles. The Balaban J connectivity index is 1.58. The van der Waals surface area contributed by atoms with Gasteiger partial charge in [0.05, 0.1) is 11.0 Å². The van der Waals surface area contributed by atoms with Crippen LogP contribution in [0.25, 0.3) is 0 Å². The van der Waals surface area contributed by atoms with Crippen molar-refractivity contribution in [3.05, 3.63) is 41.0 Å². The molecule has 2 heterocycles. The van der Waals surface area contributed by atoms with Gasteiger partial charge in [-0.15, -0.1) is 0 Å². The first-order valence-electron chi connectivity index (χ1n) is 9.98. The van der Waals surface area contributed by atoms with E-state index >= 15 is 0 Å². The van der Waals surface area contributed by atoms with E-state index < -0.39 is 5.60 Å². The lowest BCUT2D eigenvalue weighted by Crippen LogP contribution is -2.75. The zero-order chi connectivity index (χ0) is 17.0. The van der Waals surface area contributed by atoms with Crippen LogP contribution in [-0.2, 0) is 11.8 Å². The summed E-state index contributed by atoms with van der Waals surface area (Å²) in [5.41, 5.74) is 4.20. The van der Waals surface area contributed by atoms with E-state index in [1.807, 2.05) is 0 Å². The van der Waals surface area contributed by atoms with E-state index in [4.69, 9.17) is 4.74 Å². The molecule has 25 heavy (non-hydrogen) atoms. The quantitative estimate of drug-likeness (QED) is 0.842. The van der Waals surface area contributed by atoms with Gasteiger partial charge in [0.25, 0.3) is 0 Å². The first-order valence-corrected chi connectivity index (χ1v) is 9.98. The number of rotatable bonds is 2. The molecule has 0 amide bonds. The van der Waals surface area contributed by atoms with E-state index in [0.717, 1.165) is 43.9 Å². The topological polar surface area (TPSA) is 32.7 Å². The average Bonchev–Trinajstić information content (AvgIpc) is 3.32. The normalized spacial score (nSPS) is 41.4. The Labute approximate surface area is 149 Å². The fourth-order valence-electron chi connectivity index (χ4n) is 6.54. The lowest BCUT2D eigenvalue weighted by atomic mass is 9.48. The van der Waals surface area contributed by atoms with Crippen LogP contribution in [0.4, 0.5) is 0 Å². The second-order valence-electron chi connectivity index (χ2n) is 9.21. The standard InChI is InChI=1S/C22H27NO2/c1-13-3-6-16-11-17-22(24)8-7-14(2)20-21(22,18(16)19(13)25-20)9-10-23(17)12-15-4-5-15/h3,6,15,17,20,24H,2,4-5,7-12H2,1H3/t17-,20+,21+,22-/m1/s1. The van der Waals surface area contributed by atoms with Crippen molar-refractivity contribution in [2.75, 3.05) is 13.1 Å². The molecule has 4 atom stereocenters. The maximum absolute atomic E-state index is 12.2. The highest BCUT2D eigenvalue weighted by Crippen LogP contribution is 2.65. The molecule has 1 aromatic rings. The van der Waals surface area contributed by atoms with Crippen molar-refractivity contribution >= 4 is 0 Å². The van der Waals surface area contributed by atoms with Gasteiger partial charge in [-0.05, 0) is 74.6 Å². The molecule has 1 aromatic carbocycles. The highest BCUT2D eigenvalue weighted by Gasteiger charge is 2.71. The SMILES string of the molecule is C=C1CC[C@@]2(O)[C@H]3Cc4ccc(C)c5c4[C@@]2(CCN3CC2CC2)[C@H]1O5. The first-order chi connectivity index (χ1) is 12.0. The lowest BCUT2D eigenvalue weighted by molar-refractivity contribution is -0.174. The van der Waals surface area contributed by atoms with Gasteiger partial charge < -0.3 is 9.84 Å². The van der Waals surface area contributed by atoms with Gasteiger partial charge >= 0.3 is 0 Å². The van der Waals surface area contributed by atoms with Crippen molar-refractivity contribution in [3.63, 3.8) is 0 Å². The Morgan fingerprint density at radius 3 is 2.96 bits per heavy atom. The molecule has 3 nitrogen and oxygen atoms in total. The Bertz CT molecular complexity index is 797. The molecule has 0 unspecified atom stereocenters. The number of benzene rings is 1. The molecule has 132 valence electrons. The third kappa shape index (κ3) is 1.61. The van der Waals surface area contributed by atoms with Crippen LogP contribution < -0.4 is 4.74 Å². The van der Waals surface area contributed by atoms with Gasteiger partial charge in [0, 0.05) is 18.2 Å². The van der Waals surface area contributed by atoms with Gasteiger partial charge in [0.15, 0.2) is 0 Å². The summed E-state index contributed by atoms with van der Waals surface area (Å²) in [5.74, 6) is 1.92. The van der Waals surface area contributed by atoms with Crippen LogP contribution in [0.15, 0.2) is 24.3 Å². The Morgan fingerprint density at radius 2 is 2.16 bits per heavy atom. The molecule has 2 bridgehead atoms. The van der Waals surface area contributed by atoms with Crippen molar-refractivity contribution in [1.82, 2.24) is 4.90 Å². The minimum Gasteiger partial charge on any atom is -0.484 e. The number of piperidine rings is 1. The Hall–Kier alpha value is -1.32. The smallest absolute Gasteiger partial charge is 0.132 e. The zero-order valence-corrected chi connectivity index (χ0v) is 15.1. The van der Waals surface area contributed by atoms with Gasteiger partial charge in [0.1, 0.15) is 11.9 Å². The predicted molar refractivity (Wildman–Crippen MR) is 97.0 cm³/mol. The summed E-state index contributed by atoms with van der Waals surface area (Å²) in [6.45, 7) is 8.75. The molecule has 3 aliphatic carbocycles.